The van der Waals surface area contributed by atoms with E-state index in [0.29, 0.717) is 6.42 Å². The zero-order valence-corrected chi connectivity index (χ0v) is 10.7. The fourth-order valence-electron chi connectivity index (χ4n) is 1.79. The molecule has 7 heteroatoms. The van der Waals surface area contributed by atoms with Gasteiger partial charge in [-0.25, -0.2) is 4.68 Å². The van der Waals surface area contributed by atoms with Crippen LogP contribution in [0.1, 0.15) is 44.0 Å². The highest BCUT2D eigenvalue weighted by molar-refractivity contribution is 5.13. The molecule has 1 aromatic heterocycles. The Bertz CT molecular complexity index is 360. The third-order valence-electron chi connectivity index (χ3n) is 2.64. The minimum absolute atomic E-state index is 0.0412. The number of hydrogen-bond donors (Lipinski definition) is 1. The van der Waals surface area contributed by atoms with Crippen molar-refractivity contribution >= 4 is 0 Å². The third kappa shape index (κ3) is 3.97. The molecule has 18 heavy (non-hydrogen) atoms. The van der Waals surface area contributed by atoms with Crippen LogP contribution in [0.5, 0.6) is 0 Å². The summed E-state index contributed by atoms with van der Waals surface area (Å²) in [7, 11) is 1.58. The van der Waals surface area contributed by atoms with Gasteiger partial charge in [0, 0.05) is 13.1 Å². The Morgan fingerprint density at radius 3 is 2.50 bits per heavy atom. The van der Waals surface area contributed by atoms with E-state index in [1.165, 1.54) is 0 Å². The van der Waals surface area contributed by atoms with E-state index >= 15 is 0 Å². The van der Waals surface area contributed by atoms with Crippen molar-refractivity contribution in [1.29, 1.82) is 0 Å². The zero-order valence-electron chi connectivity index (χ0n) is 10.7. The van der Waals surface area contributed by atoms with E-state index in [9.17, 15) is 13.2 Å². The monoisotopic (exact) mass is 264 g/mol. The number of rotatable bonds is 7. The molecule has 0 aliphatic heterocycles. The van der Waals surface area contributed by atoms with Crippen molar-refractivity contribution in [2.24, 2.45) is 0 Å². The molecule has 1 aromatic rings. The van der Waals surface area contributed by atoms with Gasteiger partial charge in [0.25, 0.3) is 0 Å². The summed E-state index contributed by atoms with van der Waals surface area (Å²) >= 11 is 0. The van der Waals surface area contributed by atoms with Crippen molar-refractivity contribution < 1.29 is 13.2 Å². The van der Waals surface area contributed by atoms with Crippen LogP contribution in [-0.4, -0.2) is 22.0 Å². The van der Waals surface area contributed by atoms with Gasteiger partial charge in [-0.3, -0.25) is 0 Å². The second-order valence-electron chi connectivity index (χ2n) is 4.20. The minimum atomic E-state index is -4.40. The summed E-state index contributed by atoms with van der Waals surface area (Å²) in [5.74, 6) is 0. The quantitative estimate of drug-likeness (QED) is 0.770. The summed E-state index contributed by atoms with van der Waals surface area (Å²) in [4.78, 5) is 0. The molecule has 0 atom stereocenters. The maximum atomic E-state index is 12.9. The number of alkyl halides is 3. The van der Waals surface area contributed by atoms with E-state index in [4.69, 9.17) is 0 Å². The van der Waals surface area contributed by atoms with Crippen molar-refractivity contribution in [2.45, 2.75) is 51.9 Å². The maximum Gasteiger partial charge on any atom is 0.434 e. The van der Waals surface area contributed by atoms with Crippen LogP contribution in [0.2, 0.25) is 0 Å². The van der Waals surface area contributed by atoms with Gasteiger partial charge >= 0.3 is 6.18 Å². The molecule has 0 aliphatic carbocycles. The molecule has 4 nitrogen and oxygen atoms in total. The van der Waals surface area contributed by atoms with Crippen molar-refractivity contribution in [3.8, 4) is 0 Å². The molecule has 0 unspecified atom stereocenters. The van der Waals surface area contributed by atoms with Crippen molar-refractivity contribution in [3.63, 3.8) is 0 Å². The Morgan fingerprint density at radius 2 is 1.94 bits per heavy atom. The first-order valence-electron chi connectivity index (χ1n) is 6.14. The third-order valence-corrected chi connectivity index (χ3v) is 2.64. The topological polar surface area (TPSA) is 42.7 Å². The molecule has 0 saturated heterocycles. The lowest BCUT2D eigenvalue weighted by atomic mass is 10.2. The van der Waals surface area contributed by atoms with Crippen molar-refractivity contribution in [3.05, 3.63) is 11.4 Å². The van der Waals surface area contributed by atoms with Crippen molar-refractivity contribution in [2.75, 3.05) is 7.05 Å². The first-order chi connectivity index (χ1) is 8.50. The van der Waals surface area contributed by atoms with Crippen LogP contribution in [0.3, 0.4) is 0 Å². The molecule has 0 aliphatic rings. The molecule has 0 aromatic carbocycles. The van der Waals surface area contributed by atoms with Gasteiger partial charge in [-0.1, -0.05) is 31.4 Å². The lowest BCUT2D eigenvalue weighted by molar-refractivity contribution is -0.144. The summed E-state index contributed by atoms with van der Waals surface area (Å²) in [6, 6.07) is 0. The summed E-state index contributed by atoms with van der Waals surface area (Å²) in [6.45, 7) is 2.40. The van der Waals surface area contributed by atoms with Gasteiger partial charge in [-0.05, 0) is 13.5 Å². The molecular weight excluding hydrogens is 245 g/mol. The molecule has 1 heterocycles. The summed E-state index contributed by atoms with van der Waals surface area (Å²) in [5.41, 5.74) is -0.770. The minimum Gasteiger partial charge on any atom is -0.314 e. The number of aromatic nitrogens is 3. The second-order valence-corrected chi connectivity index (χ2v) is 4.20. The molecule has 0 spiro atoms. The molecule has 0 bridgehead atoms. The van der Waals surface area contributed by atoms with E-state index in [1.54, 1.807) is 7.05 Å². The Morgan fingerprint density at radius 1 is 1.22 bits per heavy atom. The van der Waals surface area contributed by atoms with E-state index in [2.05, 4.69) is 22.6 Å². The van der Waals surface area contributed by atoms with Gasteiger partial charge in [-0.2, -0.15) is 13.2 Å². The number of halogens is 3. The molecule has 0 saturated carbocycles. The van der Waals surface area contributed by atoms with Gasteiger partial charge in [-0.15, -0.1) is 5.10 Å². The summed E-state index contributed by atoms with van der Waals surface area (Å²) in [5, 5.41) is 9.88. The van der Waals surface area contributed by atoms with Gasteiger partial charge in [0.1, 0.15) is 5.69 Å². The molecule has 104 valence electrons. The SMILES string of the molecule is CCCCCCn1nnc(CNC)c1C(F)(F)F. The van der Waals surface area contributed by atoms with Gasteiger partial charge in [0.2, 0.25) is 0 Å². The average molecular weight is 264 g/mol. The summed E-state index contributed by atoms with van der Waals surface area (Å²) in [6.07, 6.45) is -0.720. The van der Waals surface area contributed by atoms with Gasteiger partial charge in [0.15, 0.2) is 5.69 Å². The second kappa shape index (κ2) is 6.72. The first-order valence-corrected chi connectivity index (χ1v) is 6.14. The fourth-order valence-corrected chi connectivity index (χ4v) is 1.79. The standard InChI is InChI=1S/C11H19F3N4/c1-3-4-5-6-7-18-10(11(12,13)14)9(8-15-2)16-17-18/h15H,3-8H2,1-2H3. The highest BCUT2D eigenvalue weighted by Crippen LogP contribution is 2.31. The molecule has 1 rings (SSSR count). The van der Waals surface area contributed by atoms with Crippen LogP contribution in [0.25, 0.3) is 0 Å². The highest BCUT2D eigenvalue weighted by atomic mass is 19.4. The van der Waals surface area contributed by atoms with Crippen LogP contribution < -0.4 is 5.32 Å². The number of nitrogens with zero attached hydrogens (tertiary/aromatic N) is 3. The van der Waals surface area contributed by atoms with Crippen LogP contribution in [0, 0.1) is 0 Å². The van der Waals surface area contributed by atoms with Gasteiger partial charge in [0.05, 0.1) is 0 Å². The van der Waals surface area contributed by atoms with Crippen LogP contribution in [-0.2, 0) is 19.3 Å². The molecule has 0 fully saturated rings. The largest absolute Gasteiger partial charge is 0.434 e. The molecular formula is C11H19F3N4. The number of hydrogen-bond acceptors (Lipinski definition) is 3. The Hall–Kier alpha value is -1.11. The normalized spacial score (nSPS) is 12.1. The predicted molar refractivity (Wildman–Crippen MR) is 61.9 cm³/mol. The molecule has 0 radical (unpaired) electrons. The number of aryl methyl sites for hydroxylation is 1. The van der Waals surface area contributed by atoms with Crippen molar-refractivity contribution in [1.82, 2.24) is 20.3 Å². The maximum absolute atomic E-state index is 12.9. The Labute approximate surface area is 105 Å². The number of unbranched alkanes of at least 4 members (excludes halogenated alkanes) is 3. The fraction of sp³-hybridized carbons (Fsp3) is 0.818. The highest BCUT2D eigenvalue weighted by Gasteiger charge is 2.38. The van der Waals surface area contributed by atoms with Crippen LogP contribution in [0.4, 0.5) is 13.2 Å². The van der Waals surface area contributed by atoms with Crippen LogP contribution in [0.15, 0.2) is 0 Å². The first kappa shape index (κ1) is 14.9. The smallest absolute Gasteiger partial charge is 0.314 e. The van der Waals surface area contributed by atoms with E-state index in [-0.39, 0.29) is 18.8 Å². The van der Waals surface area contributed by atoms with E-state index in [1.807, 2.05) is 0 Å². The van der Waals surface area contributed by atoms with Crippen LogP contribution >= 0.6 is 0 Å². The Balaban J connectivity index is 2.77. The Kier molecular flexibility index (Phi) is 5.58. The molecule has 1 N–H and O–H groups in total. The molecule has 0 amide bonds. The van der Waals surface area contributed by atoms with E-state index in [0.717, 1.165) is 23.9 Å². The summed E-state index contributed by atoms with van der Waals surface area (Å²) < 4.78 is 39.7. The predicted octanol–water partition coefficient (Wildman–Crippen LogP) is 2.60. The average Bonchev–Trinajstić information content (AvgIpc) is 2.68. The number of nitrogens with one attached hydrogen (secondary N) is 1. The zero-order chi connectivity index (χ0) is 13.6. The lowest BCUT2D eigenvalue weighted by Gasteiger charge is -2.10. The lowest BCUT2D eigenvalue weighted by Crippen LogP contribution is -2.19. The van der Waals surface area contributed by atoms with E-state index < -0.39 is 11.9 Å². The van der Waals surface area contributed by atoms with Gasteiger partial charge < -0.3 is 5.32 Å².